The molecule has 7 nitrogen and oxygen atoms in total. The topological polar surface area (TPSA) is 96.6 Å². The van der Waals surface area contributed by atoms with Crippen molar-refractivity contribution in [2.24, 2.45) is 5.92 Å². The lowest BCUT2D eigenvalue weighted by Gasteiger charge is -2.54. The van der Waals surface area contributed by atoms with Gasteiger partial charge < -0.3 is 10.1 Å². The summed E-state index contributed by atoms with van der Waals surface area (Å²) in [4.78, 5) is 12.9. The van der Waals surface area contributed by atoms with Crippen LogP contribution in [0.15, 0.2) is 18.2 Å². The van der Waals surface area contributed by atoms with Crippen LogP contribution in [0.4, 0.5) is 22.0 Å². The van der Waals surface area contributed by atoms with E-state index < -0.39 is 46.9 Å². The van der Waals surface area contributed by atoms with Gasteiger partial charge in [-0.05, 0) is 44.9 Å². The Bertz CT molecular complexity index is 1120. The predicted octanol–water partition coefficient (Wildman–Crippen LogP) is 4.86. The Balaban J connectivity index is 1.66. The maximum absolute atomic E-state index is 14.7. The molecular formula is C22H26F5N3O4S. The lowest BCUT2D eigenvalue weighted by Crippen LogP contribution is -2.62. The summed E-state index contributed by atoms with van der Waals surface area (Å²) in [5.41, 5.74) is -0.0507. The number of nitrogens with zero attached hydrogens (tertiary/aromatic N) is 2. The molecule has 1 aliphatic carbocycles. The normalized spacial score (nSPS) is 22.3. The predicted molar refractivity (Wildman–Crippen MR) is 120 cm³/mol. The van der Waals surface area contributed by atoms with Crippen LogP contribution in [0.3, 0.4) is 0 Å². The zero-order valence-corrected chi connectivity index (χ0v) is 19.8. The van der Waals surface area contributed by atoms with Crippen LogP contribution in [0.5, 0.6) is 5.75 Å². The highest BCUT2D eigenvalue weighted by molar-refractivity contribution is 8.25. The summed E-state index contributed by atoms with van der Waals surface area (Å²) in [6.45, 7) is -0.174. The van der Waals surface area contributed by atoms with E-state index in [1.165, 1.54) is 6.92 Å². The molecule has 35 heavy (non-hydrogen) atoms. The molecule has 4 rings (SSSR count). The fourth-order valence-electron chi connectivity index (χ4n) is 4.83. The van der Waals surface area contributed by atoms with E-state index in [0.717, 1.165) is 22.9 Å². The van der Waals surface area contributed by atoms with Gasteiger partial charge >= 0.3 is 6.61 Å². The third-order valence-electron chi connectivity index (χ3n) is 6.36. The van der Waals surface area contributed by atoms with E-state index >= 15 is 0 Å². The first-order valence-electron chi connectivity index (χ1n) is 11.0. The van der Waals surface area contributed by atoms with Crippen LogP contribution in [-0.4, -0.2) is 54.9 Å². The molecule has 2 atom stereocenters. The molecule has 0 radical (unpaired) electrons. The number of carbonyl (C=O) groups excluding carboxylic acids is 1. The minimum atomic E-state index is -3.13. The fraction of sp³-hybridized carbons (Fsp3) is 0.545. The Labute approximate surface area is 200 Å². The summed E-state index contributed by atoms with van der Waals surface area (Å²) in [6.07, 6.45) is -2.18. The number of halogens is 5. The zero-order valence-electron chi connectivity index (χ0n) is 19.0. The van der Waals surface area contributed by atoms with Gasteiger partial charge in [0.05, 0.1) is 22.7 Å². The third-order valence-corrected chi connectivity index (χ3v) is 8.56. The van der Waals surface area contributed by atoms with Crippen molar-refractivity contribution in [3.63, 3.8) is 0 Å². The standard InChI is InChI=1S/C22H26F5N3O4S/c1-11(19(24)25)30-17-7-12(20(31)28-22(2)9-35(32,33)10-22)3-5-14(17)18(29-30)15-8-13(34-21(26)27)4-6-16(15)23/h4,6,8,11-12,19,21,32-33H,3,5,7,9-10H2,1-2H3,(H,28,31)/t11?,12-/m1/s1. The van der Waals surface area contributed by atoms with E-state index in [1.54, 1.807) is 6.92 Å². The lowest BCUT2D eigenvalue weighted by molar-refractivity contribution is -0.126. The van der Waals surface area contributed by atoms with Gasteiger partial charge in [-0.15, -0.1) is 0 Å². The van der Waals surface area contributed by atoms with Gasteiger partial charge in [-0.3, -0.25) is 18.6 Å². The molecule has 1 amide bonds. The molecule has 1 saturated heterocycles. The molecule has 194 valence electrons. The molecule has 1 unspecified atom stereocenters. The van der Waals surface area contributed by atoms with Gasteiger partial charge in [-0.1, -0.05) is 0 Å². The van der Waals surface area contributed by atoms with Crippen LogP contribution in [0.1, 0.15) is 37.6 Å². The average Bonchev–Trinajstić information content (AvgIpc) is 3.11. The number of alkyl halides is 4. The molecule has 2 aromatic rings. The number of aromatic nitrogens is 2. The zero-order chi connectivity index (χ0) is 25.7. The number of nitrogens with one attached hydrogen (secondary N) is 1. The summed E-state index contributed by atoms with van der Waals surface area (Å²) >= 11 is 0. The number of rotatable bonds is 7. The highest BCUT2D eigenvalue weighted by atomic mass is 32.3. The monoisotopic (exact) mass is 523 g/mol. The molecule has 0 spiro atoms. The summed E-state index contributed by atoms with van der Waals surface area (Å²) in [5, 5.41) is 7.07. The van der Waals surface area contributed by atoms with Crippen LogP contribution < -0.4 is 10.1 Å². The van der Waals surface area contributed by atoms with Gasteiger partial charge in [-0.2, -0.15) is 24.5 Å². The molecule has 1 aromatic carbocycles. The number of hydrogen-bond acceptors (Lipinski definition) is 5. The largest absolute Gasteiger partial charge is 0.435 e. The first kappa shape index (κ1) is 25.7. The van der Waals surface area contributed by atoms with Crippen LogP contribution in [0.25, 0.3) is 11.3 Å². The van der Waals surface area contributed by atoms with Crippen molar-refractivity contribution in [2.75, 3.05) is 11.5 Å². The first-order chi connectivity index (χ1) is 16.3. The second-order valence-electron chi connectivity index (χ2n) is 9.39. The van der Waals surface area contributed by atoms with Gasteiger partial charge in [0.2, 0.25) is 5.91 Å². The quantitative estimate of drug-likeness (QED) is 0.451. The Hall–Kier alpha value is -2.38. The van der Waals surface area contributed by atoms with Gasteiger partial charge in [0.25, 0.3) is 6.43 Å². The van der Waals surface area contributed by atoms with Crippen molar-refractivity contribution < 1.29 is 40.6 Å². The Kier molecular flexibility index (Phi) is 6.79. The van der Waals surface area contributed by atoms with Gasteiger partial charge in [-0.25, -0.2) is 13.2 Å². The van der Waals surface area contributed by atoms with E-state index in [4.69, 9.17) is 0 Å². The number of benzene rings is 1. The third kappa shape index (κ3) is 5.26. The van der Waals surface area contributed by atoms with Gasteiger partial charge in [0, 0.05) is 29.2 Å². The summed E-state index contributed by atoms with van der Waals surface area (Å²) in [7, 11) is -2.69. The van der Waals surface area contributed by atoms with Crippen molar-refractivity contribution in [3.8, 4) is 17.0 Å². The number of carbonyl (C=O) groups is 1. The van der Waals surface area contributed by atoms with Gasteiger partial charge in [0.15, 0.2) is 0 Å². The summed E-state index contributed by atoms with van der Waals surface area (Å²) < 4.78 is 92.0. The van der Waals surface area contributed by atoms with Crippen molar-refractivity contribution in [1.29, 1.82) is 0 Å². The first-order valence-corrected chi connectivity index (χ1v) is 12.9. The molecule has 3 N–H and O–H groups in total. The average molecular weight is 524 g/mol. The molecule has 0 bridgehead atoms. The van der Waals surface area contributed by atoms with Crippen molar-refractivity contribution in [1.82, 2.24) is 15.1 Å². The van der Waals surface area contributed by atoms with Crippen molar-refractivity contribution in [2.45, 2.75) is 57.7 Å². The maximum atomic E-state index is 14.7. The molecule has 0 saturated carbocycles. The van der Waals surface area contributed by atoms with E-state index in [9.17, 15) is 35.9 Å². The minimum absolute atomic E-state index is 0.0449. The van der Waals surface area contributed by atoms with E-state index in [-0.39, 0.29) is 47.3 Å². The molecule has 1 aliphatic heterocycles. The lowest BCUT2D eigenvalue weighted by atomic mass is 9.84. The number of amides is 1. The second-order valence-corrected chi connectivity index (χ2v) is 11.6. The van der Waals surface area contributed by atoms with Crippen LogP contribution in [0, 0.1) is 11.7 Å². The molecule has 2 heterocycles. The second kappa shape index (κ2) is 9.25. The number of fused-ring (bicyclic) bond motifs is 1. The molecule has 2 aliphatic rings. The van der Waals surface area contributed by atoms with Gasteiger partial charge in [0.1, 0.15) is 17.6 Å². The van der Waals surface area contributed by atoms with E-state index in [0.29, 0.717) is 17.7 Å². The fourth-order valence-corrected chi connectivity index (χ4v) is 6.93. The SMILES string of the molecule is CC(C(F)F)n1nc(-c2cc(OC(F)F)ccc2F)c2c1C[C@H](C(=O)NC1(C)CS(O)(O)C1)CC2. The van der Waals surface area contributed by atoms with Crippen LogP contribution in [-0.2, 0) is 17.6 Å². The maximum Gasteiger partial charge on any atom is 0.387 e. The molecule has 1 aromatic heterocycles. The Morgan fingerprint density at radius 2 is 1.97 bits per heavy atom. The van der Waals surface area contributed by atoms with Crippen LogP contribution in [0.2, 0.25) is 0 Å². The van der Waals surface area contributed by atoms with E-state index in [1.807, 2.05) is 0 Å². The molecule has 1 fully saturated rings. The number of hydrogen-bond donors (Lipinski definition) is 3. The van der Waals surface area contributed by atoms with Crippen molar-refractivity contribution in [3.05, 3.63) is 35.3 Å². The molecular weight excluding hydrogens is 497 g/mol. The van der Waals surface area contributed by atoms with E-state index in [2.05, 4.69) is 15.2 Å². The number of ether oxygens (including phenoxy) is 1. The minimum Gasteiger partial charge on any atom is -0.435 e. The van der Waals surface area contributed by atoms with Crippen molar-refractivity contribution >= 4 is 16.5 Å². The highest BCUT2D eigenvalue weighted by Crippen LogP contribution is 2.54. The molecule has 13 heteroatoms. The Morgan fingerprint density at radius 1 is 1.29 bits per heavy atom. The summed E-state index contributed by atoms with van der Waals surface area (Å²) in [5.74, 6) is -1.91. The summed E-state index contributed by atoms with van der Waals surface area (Å²) in [6, 6.07) is 1.65. The van der Waals surface area contributed by atoms with Crippen LogP contribution >= 0.6 is 10.6 Å². The smallest absolute Gasteiger partial charge is 0.387 e. The Morgan fingerprint density at radius 3 is 2.57 bits per heavy atom. The highest BCUT2D eigenvalue weighted by Gasteiger charge is 2.46.